The molecule has 0 bridgehead atoms. The summed E-state index contributed by atoms with van der Waals surface area (Å²) in [6, 6.07) is 2.07. The molecule has 2 aromatic heterocycles. The first-order valence-electron chi connectivity index (χ1n) is 9.48. The average Bonchev–Trinajstić information content (AvgIpc) is 3.23. The normalized spacial score (nSPS) is 17.4. The van der Waals surface area contributed by atoms with E-state index in [2.05, 4.69) is 9.97 Å². The molecular weight excluding hydrogens is 480 g/mol. The summed E-state index contributed by atoms with van der Waals surface area (Å²) in [4.78, 5) is 20.1. The number of amides is 1. The number of nitrogens with one attached hydrogen (secondary N) is 2. The van der Waals surface area contributed by atoms with Gasteiger partial charge in [0, 0.05) is 12.4 Å². The van der Waals surface area contributed by atoms with Gasteiger partial charge in [0.25, 0.3) is 5.91 Å². The van der Waals surface area contributed by atoms with Crippen LogP contribution >= 0.6 is 11.8 Å². The Morgan fingerprint density at radius 3 is 2.45 bits per heavy atom. The van der Waals surface area contributed by atoms with Gasteiger partial charge >= 0.3 is 6.01 Å². The highest BCUT2D eigenvalue weighted by Gasteiger charge is 2.50. The number of hydrogen-bond donors (Lipinski definition) is 7. The molecule has 13 nitrogen and oxygen atoms in total. The van der Waals surface area contributed by atoms with Crippen LogP contribution in [0.3, 0.4) is 0 Å². The van der Waals surface area contributed by atoms with Crippen LogP contribution in [0.1, 0.15) is 28.6 Å². The number of pyridine rings is 1. The molecule has 15 heteroatoms. The first-order chi connectivity index (χ1) is 15.4. The average molecular weight is 507 g/mol. The lowest BCUT2D eigenvalue weighted by Gasteiger charge is -2.40. The third kappa shape index (κ3) is 7.10. The molecule has 0 aliphatic rings. The zero-order valence-electron chi connectivity index (χ0n) is 17.7. The molecule has 1 amide bonds. The first-order valence-corrected chi connectivity index (χ1v) is 12.8. The lowest BCUT2D eigenvalue weighted by Crippen LogP contribution is -2.65. The van der Waals surface area contributed by atoms with Crippen LogP contribution in [0, 0.1) is 0 Å². The number of aliphatic hydroxyl groups excluding tert-OH is 4. The second-order valence-electron chi connectivity index (χ2n) is 7.16. The summed E-state index contributed by atoms with van der Waals surface area (Å²) in [5.74, 6) is -0.752. The van der Waals surface area contributed by atoms with Gasteiger partial charge in [0.05, 0.1) is 12.4 Å². The summed E-state index contributed by atoms with van der Waals surface area (Å²) in [6.45, 7) is 0. The van der Waals surface area contributed by atoms with Crippen molar-refractivity contribution in [2.24, 2.45) is 0 Å². The number of aliphatic hydroxyl groups is 5. The molecule has 0 aliphatic carbocycles. The van der Waals surface area contributed by atoms with Gasteiger partial charge in [-0.2, -0.15) is 16.7 Å². The molecule has 0 spiro atoms. The number of anilines is 1. The largest absolute Gasteiger partial charge is 0.431 e. The van der Waals surface area contributed by atoms with Crippen LogP contribution in [-0.4, -0.2) is 92.1 Å². The van der Waals surface area contributed by atoms with Crippen LogP contribution in [0.2, 0.25) is 0 Å². The molecule has 0 fully saturated rings. The molecule has 0 aliphatic heterocycles. The van der Waals surface area contributed by atoms with Crippen molar-refractivity contribution in [3.63, 3.8) is 0 Å². The van der Waals surface area contributed by atoms with Crippen molar-refractivity contribution in [3.8, 4) is 0 Å². The lowest BCUT2D eigenvalue weighted by molar-refractivity contribution is -0.204. The third-order valence-electron chi connectivity index (χ3n) is 4.55. The summed E-state index contributed by atoms with van der Waals surface area (Å²) in [6.07, 6.45) is -1.68. The first kappa shape index (κ1) is 27.0. The highest BCUT2D eigenvalue weighted by molar-refractivity contribution is 7.98. The molecule has 2 rings (SSSR count). The van der Waals surface area contributed by atoms with Crippen LogP contribution in [0.15, 0.2) is 35.2 Å². The lowest BCUT2D eigenvalue weighted by atomic mass is 9.88. The van der Waals surface area contributed by atoms with Crippen LogP contribution in [-0.2, 0) is 10.0 Å². The highest BCUT2D eigenvalue weighted by Crippen LogP contribution is 2.30. The van der Waals surface area contributed by atoms with E-state index >= 15 is 0 Å². The van der Waals surface area contributed by atoms with E-state index in [1.165, 1.54) is 36.3 Å². The number of rotatable bonds is 12. The Bertz CT molecular complexity index is 1020. The fourth-order valence-corrected chi connectivity index (χ4v) is 3.70. The maximum Gasteiger partial charge on any atom is 0.309 e. The molecule has 0 radical (unpaired) electrons. The predicted octanol–water partition coefficient (Wildman–Crippen LogP) is -1.57. The zero-order valence-corrected chi connectivity index (χ0v) is 19.3. The van der Waals surface area contributed by atoms with Crippen molar-refractivity contribution in [3.05, 3.63) is 42.0 Å². The van der Waals surface area contributed by atoms with Gasteiger partial charge in [0.1, 0.15) is 24.6 Å². The molecular formula is C18H26N4O9S2. The van der Waals surface area contributed by atoms with Crippen molar-refractivity contribution >= 4 is 33.7 Å². The van der Waals surface area contributed by atoms with Crippen LogP contribution in [0.4, 0.5) is 6.01 Å². The molecule has 33 heavy (non-hydrogen) atoms. The summed E-state index contributed by atoms with van der Waals surface area (Å²) < 4.78 is 29.3. The minimum atomic E-state index is -3.75. The Hall–Kier alpha value is -2.27. The van der Waals surface area contributed by atoms with E-state index in [4.69, 9.17) is 4.42 Å². The molecule has 0 aromatic carbocycles. The van der Waals surface area contributed by atoms with Gasteiger partial charge in [-0.25, -0.2) is 13.1 Å². The van der Waals surface area contributed by atoms with E-state index in [1.54, 1.807) is 6.26 Å². The van der Waals surface area contributed by atoms with Gasteiger partial charge in [-0.1, -0.05) is 0 Å². The number of nitrogens with zero attached hydrogens (tertiary/aromatic N) is 2. The number of oxazole rings is 1. The Morgan fingerprint density at radius 2 is 1.88 bits per heavy atom. The number of aromatic nitrogens is 2. The summed E-state index contributed by atoms with van der Waals surface area (Å²) >= 11 is 1.38. The summed E-state index contributed by atoms with van der Waals surface area (Å²) in [5.41, 5.74) is -3.40. The van der Waals surface area contributed by atoms with Crippen molar-refractivity contribution in [2.75, 3.05) is 23.0 Å². The molecule has 0 saturated carbocycles. The maximum absolute atomic E-state index is 12.7. The number of carbonyl (C=O) groups is 1. The zero-order chi connectivity index (χ0) is 24.8. The van der Waals surface area contributed by atoms with Crippen molar-refractivity contribution in [1.82, 2.24) is 15.3 Å². The SMILES string of the molecule is CSCCC(O)C(O)C(O)C(O)(NC(=O)c1coc(NS(C)(=O)=O)n1)C(O)c1ccncc1. The van der Waals surface area contributed by atoms with Crippen molar-refractivity contribution in [1.29, 1.82) is 0 Å². The predicted molar refractivity (Wildman–Crippen MR) is 118 cm³/mol. The second kappa shape index (κ2) is 11.2. The van der Waals surface area contributed by atoms with E-state index in [-0.39, 0.29) is 12.0 Å². The van der Waals surface area contributed by atoms with E-state index in [0.717, 1.165) is 12.5 Å². The minimum Gasteiger partial charge on any atom is -0.431 e. The second-order valence-corrected chi connectivity index (χ2v) is 9.89. The van der Waals surface area contributed by atoms with Crippen molar-refractivity contribution < 1.29 is 43.2 Å². The van der Waals surface area contributed by atoms with Crippen LogP contribution in [0.25, 0.3) is 0 Å². The minimum absolute atomic E-state index is 0.0252. The van der Waals surface area contributed by atoms with E-state index in [9.17, 15) is 38.7 Å². The Balaban J connectivity index is 2.35. The van der Waals surface area contributed by atoms with Gasteiger partial charge in [-0.3, -0.25) is 9.78 Å². The molecule has 0 saturated heterocycles. The standard InChI is InChI=1S/C18H26N4O9S2/c1-32-8-5-12(23)13(24)15(26)18(28,14(25)10-3-6-19-7-4-10)21-16(27)11-9-31-17(20-11)22-33(2,29)30/h3-4,6-7,9,12-15,23-26,28H,5,8H2,1-2H3,(H,20,22)(H,21,27). The highest BCUT2D eigenvalue weighted by atomic mass is 32.2. The third-order valence-corrected chi connectivity index (χ3v) is 5.74. The number of carbonyl (C=O) groups excluding carboxylic acids is 1. The van der Waals surface area contributed by atoms with Gasteiger partial charge in [-0.05, 0) is 36.1 Å². The molecule has 2 heterocycles. The summed E-state index contributed by atoms with van der Waals surface area (Å²) in [7, 11) is -3.75. The number of sulfonamides is 1. The molecule has 5 unspecified atom stereocenters. The Morgan fingerprint density at radius 1 is 1.24 bits per heavy atom. The Labute approximate surface area is 193 Å². The summed E-state index contributed by atoms with van der Waals surface area (Å²) in [5, 5.41) is 55.2. The number of thioether (sulfide) groups is 1. The fraction of sp³-hybridized carbons (Fsp3) is 0.500. The monoisotopic (exact) mass is 506 g/mol. The van der Waals surface area contributed by atoms with Gasteiger partial charge in [-0.15, -0.1) is 0 Å². The molecule has 5 atom stereocenters. The number of hydrogen-bond acceptors (Lipinski definition) is 12. The molecule has 2 aromatic rings. The van der Waals surface area contributed by atoms with Crippen LogP contribution in [0.5, 0.6) is 0 Å². The van der Waals surface area contributed by atoms with E-state index < -0.39 is 57.8 Å². The van der Waals surface area contributed by atoms with Crippen molar-refractivity contribution in [2.45, 2.75) is 36.6 Å². The topological polar surface area (TPSA) is 215 Å². The smallest absolute Gasteiger partial charge is 0.309 e. The van der Waals surface area contributed by atoms with Gasteiger partial charge in [0.2, 0.25) is 10.0 Å². The van der Waals surface area contributed by atoms with Gasteiger partial charge < -0.3 is 35.3 Å². The quantitative estimate of drug-likeness (QED) is 0.163. The Kier molecular flexibility index (Phi) is 9.19. The molecule has 7 N–H and O–H groups in total. The maximum atomic E-state index is 12.7. The van der Waals surface area contributed by atoms with E-state index in [1.807, 2.05) is 10.0 Å². The fourth-order valence-electron chi connectivity index (χ4n) is 2.81. The van der Waals surface area contributed by atoms with E-state index in [0.29, 0.717) is 5.75 Å². The molecule has 184 valence electrons. The van der Waals surface area contributed by atoms with Crippen LogP contribution < -0.4 is 10.0 Å². The van der Waals surface area contributed by atoms with Gasteiger partial charge in [0.15, 0.2) is 11.4 Å².